The van der Waals surface area contributed by atoms with E-state index in [4.69, 9.17) is 5.26 Å². The lowest BCUT2D eigenvalue weighted by molar-refractivity contribution is -0.384. The lowest BCUT2D eigenvalue weighted by Crippen LogP contribution is -2.00. The van der Waals surface area contributed by atoms with Gasteiger partial charge in [0.2, 0.25) is 0 Å². The molecule has 0 aliphatic rings. The van der Waals surface area contributed by atoms with E-state index in [1.54, 1.807) is 12.1 Å². The van der Waals surface area contributed by atoms with E-state index in [9.17, 15) is 10.1 Å². The summed E-state index contributed by atoms with van der Waals surface area (Å²) in [6.07, 6.45) is 0. The number of hydrogen-bond donors (Lipinski definition) is 1. The monoisotopic (exact) mass is 267 g/mol. The highest BCUT2D eigenvalue weighted by Gasteiger charge is 2.19. The number of rotatable bonds is 3. The average molecular weight is 267 g/mol. The van der Waals surface area contributed by atoms with Crippen molar-refractivity contribution in [2.24, 2.45) is 0 Å². The molecule has 5 heteroatoms. The van der Waals surface area contributed by atoms with Crippen molar-refractivity contribution >= 4 is 17.1 Å². The van der Waals surface area contributed by atoms with Crippen molar-refractivity contribution in [1.82, 2.24) is 0 Å². The zero-order valence-corrected chi connectivity index (χ0v) is 11.2. The molecule has 0 aromatic heterocycles. The first-order valence-electron chi connectivity index (χ1n) is 6.04. The van der Waals surface area contributed by atoms with Crippen LogP contribution in [0.2, 0.25) is 0 Å². The molecule has 0 aliphatic carbocycles. The molecule has 1 N–H and O–H groups in total. The summed E-state index contributed by atoms with van der Waals surface area (Å²) in [4.78, 5) is 10.6. The minimum Gasteiger partial charge on any atom is -0.350 e. The number of para-hydroxylation sites is 1. The number of nitriles is 1. The third kappa shape index (κ3) is 2.75. The summed E-state index contributed by atoms with van der Waals surface area (Å²) in [5, 5.41) is 23.1. The van der Waals surface area contributed by atoms with E-state index >= 15 is 0 Å². The Kier molecular flexibility index (Phi) is 3.67. The Bertz CT molecular complexity index is 697. The van der Waals surface area contributed by atoms with Gasteiger partial charge in [-0.3, -0.25) is 10.1 Å². The lowest BCUT2D eigenvalue weighted by atomic mass is 10.1. The molecule has 0 unspecified atom stereocenters. The highest BCUT2D eigenvalue weighted by atomic mass is 16.6. The second-order valence-electron chi connectivity index (χ2n) is 4.57. The predicted octanol–water partition coefficient (Wildman–Crippen LogP) is 3.83. The van der Waals surface area contributed by atoms with Crippen molar-refractivity contribution in [3.05, 3.63) is 63.2 Å². The van der Waals surface area contributed by atoms with Gasteiger partial charge in [-0.1, -0.05) is 12.1 Å². The molecule has 2 aromatic carbocycles. The molecule has 0 fully saturated rings. The van der Waals surface area contributed by atoms with Crippen LogP contribution in [0.1, 0.15) is 16.7 Å². The molecule has 2 rings (SSSR count). The van der Waals surface area contributed by atoms with E-state index in [0.717, 1.165) is 16.8 Å². The molecule has 0 amide bonds. The summed E-state index contributed by atoms with van der Waals surface area (Å²) >= 11 is 0. The molecule has 0 saturated carbocycles. The van der Waals surface area contributed by atoms with Gasteiger partial charge >= 0.3 is 5.69 Å². The third-order valence-corrected chi connectivity index (χ3v) is 2.84. The molecular formula is C15H13N3O2. The molecule has 0 heterocycles. The van der Waals surface area contributed by atoms with Crippen molar-refractivity contribution in [2.45, 2.75) is 13.8 Å². The highest BCUT2D eigenvalue weighted by molar-refractivity contribution is 5.74. The molecule has 5 nitrogen and oxygen atoms in total. The second-order valence-corrected chi connectivity index (χ2v) is 4.57. The minimum absolute atomic E-state index is 0.0457. The lowest BCUT2D eigenvalue weighted by Gasteiger charge is -2.09. The Balaban J connectivity index is 2.49. The quantitative estimate of drug-likeness (QED) is 0.677. The largest absolute Gasteiger partial charge is 0.350 e. The van der Waals surface area contributed by atoms with E-state index in [0.29, 0.717) is 5.69 Å². The fourth-order valence-corrected chi connectivity index (χ4v) is 2.13. The summed E-state index contributed by atoms with van der Waals surface area (Å²) < 4.78 is 0. The van der Waals surface area contributed by atoms with Gasteiger partial charge in [0, 0.05) is 5.69 Å². The van der Waals surface area contributed by atoms with Crippen LogP contribution in [0.25, 0.3) is 0 Å². The van der Waals surface area contributed by atoms with Gasteiger partial charge in [-0.2, -0.15) is 5.26 Å². The number of hydrogen-bond acceptors (Lipinski definition) is 4. The highest BCUT2D eigenvalue weighted by Crippen LogP contribution is 2.31. The summed E-state index contributed by atoms with van der Waals surface area (Å²) in [6.45, 7) is 3.91. The summed E-state index contributed by atoms with van der Waals surface area (Å²) in [5.41, 5.74) is 3.05. The number of benzene rings is 2. The molecule has 0 saturated heterocycles. The SMILES string of the molecule is Cc1cc(C)cc(Nc2cccc(C#N)c2[N+](=O)[O-])c1. The number of anilines is 2. The predicted molar refractivity (Wildman–Crippen MR) is 77.0 cm³/mol. The maximum absolute atomic E-state index is 11.1. The van der Waals surface area contributed by atoms with Crippen LogP contribution >= 0.6 is 0 Å². The van der Waals surface area contributed by atoms with Crippen molar-refractivity contribution in [1.29, 1.82) is 5.26 Å². The smallest absolute Gasteiger partial charge is 0.310 e. The zero-order chi connectivity index (χ0) is 14.7. The van der Waals surface area contributed by atoms with Crippen molar-refractivity contribution in [3.63, 3.8) is 0 Å². The number of nitro groups is 1. The van der Waals surface area contributed by atoms with Crippen LogP contribution in [-0.4, -0.2) is 4.92 Å². The van der Waals surface area contributed by atoms with Gasteiger partial charge in [-0.05, 0) is 49.2 Å². The normalized spacial score (nSPS) is 9.85. The van der Waals surface area contributed by atoms with Gasteiger partial charge in [-0.15, -0.1) is 0 Å². The zero-order valence-electron chi connectivity index (χ0n) is 11.2. The number of nitro benzene ring substituents is 1. The van der Waals surface area contributed by atoms with E-state index < -0.39 is 4.92 Å². The van der Waals surface area contributed by atoms with E-state index in [1.165, 1.54) is 6.07 Å². The van der Waals surface area contributed by atoms with Crippen LogP contribution in [-0.2, 0) is 0 Å². The Hall–Kier alpha value is -2.87. The Morgan fingerprint density at radius 1 is 1.20 bits per heavy atom. The fourth-order valence-electron chi connectivity index (χ4n) is 2.13. The van der Waals surface area contributed by atoms with Crippen LogP contribution in [0.15, 0.2) is 36.4 Å². The first-order chi connectivity index (χ1) is 9.51. The molecule has 100 valence electrons. The maximum atomic E-state index is 11.1. The molecule has 0 atom stereocenters. The fraction of sp³-hybridized carbons (Fsp3) is 0.133. The first kappa shape index (κ1) is 13.6. The van der Waals surface area contributed by atoms with E-state index in [2.05, 4.69) is 5.32 Å². The Morgan fingerprint density at radius 2 is 1.85 bits per heavy atom. The van der Waals surface area contributed by atoms with Gasteiger partial charge in [0.25, 0.3) is 0 Å². The van der Waals surface area contributed by atoms with Crippen molar-refractivity contribution in [3.8, 4) is 6.07 Å². The van der Waals surface area contributed by atoms with Crippen LogP contribution in [0, 0.1) is 35.3 Å². The van der Waals surface area contributed by atoms with Crippen LogP contribution in [0.3, 0.4) is 0 Å². The van der Waals surface area contributed by atoms with Crippen molar-refractivity contribution in [2.75, 3.05) is 5.32 Å². The summed E-state index contributed by atoms with van der Waals surface area (Å²) in [5.74, 6) is 0. The van der Waals surface area contributed by atoms with Crippen molar-refractivity contribution < 1.29 is 4.92 Å². The molecule has 20 heavy (non-hydrogen) atoms. The first-order valence-corrected chi connectivity index (χ1v) is 6.04. The molecule has 0 aliphatic heterocycles. The number of nitrogens with zero attached hydrogens (tertiary/aromatic N) is 2. The minimum atomic E-state index is -0.538. The average Bonchev–Trinajstić information content (AvgIpc) is 2.36. The number of nitrogens with one attached hydrogen (secondary N) is 1. The van der Waals surface area contributed by atoms with E-state index in [-0.39, 0.29) is 11.3 Å². The van der Waals surface area contributed by atoms with E-state index in [1.807, 2.05) is 38.1 Å². The summed E-state index contributed by atoms with van der Waals surface area (Å²) in [7, 11) is 0. The van der Waals surface area contributed by atoms with Crippen LogP contribution in [0.4, 0.5) is 17.1 Å². The molecular weight excluding hydrogens is 254 g/mol. The molecule has 0 bridgehead atoms. The summed E-state index contributed by atoms with van der Waals surface area (Å²) in [6, 6.07) is 12.3. The molecule has 2 aromatic rings. The Morgan fingerprint density at radius 3 is 2.40 bits per heavy atom. The second kappa shape index (κ2) is 5.41. The number of aryl methyl sites for hydroxylation is 2. The standard InChI is InChI=1S/C15H13N3O2/c1-10-6-11(2)8-13(7-10)17-14-5-3-4-12(9-16)15(14)18(19)20/h3-8,17H,1-2H3. The molecule has 0 spiro atoms. The van der Waals surface area contributed by atoms with Crippen LogP contribution in [0.5, 0.6) is 0 Å². The maximum Gasteiger partial charge on any atom is 0.310 e. The van der Waals surface area contributed by atoms with Gasteiger partial charge in [0.1, 0.15) is 17.3 Å². The van der Waals surface area contributed by atoms with Gasteiger partial charge in [0.05, 0.1) is 4.92 Å². The third-order valence-electron chi connectivity index (χ3n) is 2.84. The van der Waals surface area contributed by atoms with Gasteiger partial charge in [0.15, 0.2) is 0 Å². The topological polar surface area (TPSA) is 79.0 Å². The Labute approximate surface area is 116 Å². The van der Waals surface area contributed by atoms with Gasteiger partial charge < -0.3 is 5.32 Å². The molecule has 0 radical (unpaired) electrons. The van der Waals surface area contributed by atoms with Crippen LogP contribution < -0.4 is 5.32 Å². The van der Waals surface area contributed by atoms with Gasteiger partial charge in [-0.25, -0.2) is 0 Å².